The Labute approximate surface area is 341 Å². The van der Waals surface area contributed by atoms with Crippen LogP contribution in [-0.4, -0.2) is 19.1 Å². The molecule has 278 valence electrons. The van der Waals surface area contributed by atoms with Crippen LogP contribution in [0, 0.1) is 6.92 Å². The third-order valence-corrected chi connectivity index (χ3v) is 12.4. The number of para-hydroxylation sites is 4. The molecule has 0 radical (unpaired) electrons. The average molecular weight is 755 g/mol. The highest BCUT2D eigenvalue weighted by Crippen LogP contribution is 2.41. The van der Waals surface area contributed by atoms with E-state index in [0.29, 0.717) is 5.82 Å². The van der Waals surface area contributed by atoms with Gasteiger partial charge in [0.05, 0.1) is 27.8 Å². The summed E-state index contributed by atoms with van der Waals surface area (Å²) in [7, 11) is 0. The molecule has 4 nitrogen and oxygen atoms in total. The second kappa shape index (κ2) is 13.0. The van der Waals surface area contributed by atoms with Crippen LogP contribution >= 0.6 is 0 Å². The van der Waals surface area contributed by atoms with E-state index in [4.69, 9.17) is 9.97 Å². The number of fused-ring (bicyclic) bond motifs is 12. The highest BCUT2D eigenvalue weighted by molar-refractivity contribution is 6.26. The first-order chi connectivity index (χ1) is 29.1. The van der Waals surface area contributed by atoms with Crippen LogP contribution in [-0.2, 0) is 6.42 Å². The van der Waals surface area contributed by atoms with Crippen molar-refractivity contribution in [3.05, 3.63) is 193 Å². The molecule has 9 aromatic carbocycles. The maximum atomic E-state index is 5.44. The lowest BCUT2D eigenvalue weighted by atomic mass is 9.89. The largest absolute Gasteiger partial charge is 0.309 e. The lowest BCUT2D eigenvalue weighted by molar-refractivity contribution is 1.01. The third-order valence-electron chi connectivity index (χ3n) is 12.4. The summed E-state index contributed by atoms with van der Waals surface area (Å²) in [4.78, 5) is 10.7. The van der Waals surface area contributed by atoms with Crippen molar-refractivity contribution < 1.29 is 0 Å². The molecule has 3 aromatic heterocycles. The van der Waals surface area contributed by atoms with Gasteiger partial charge >= 0.3 is 0 Å². The van der Waals surface area contributed by atoms with Gasteiger partial charge in [-0.2, -0.15) is 0 Å². The van der Waals surface area contributed by atoms with Gasteiger partial charge in [-0.3, -0.25) is 0 Å². The minimum atomic E-state index is 0.713. The maximum Gasteiger partial charge on any atom is 0.159 e. The predicted molar refractivity (Wildman–Crippen MR) is 248 cm³/mol. The molecule has 0 bridgehead atoms. The molecule has 0 amide bonds. The summed E-state index contributed by atoms with van der Waals surface area (Å²) in [5.74, 6) is 0.713. The van der Waals surface area contributed by atoms with Gasteiger partial charge in [0.15, 0.2) is 5.82 Å². The number of aryl methyl sites for hydroxylation is 2. The monoisotopic (exact) mass is 754 g/mol. The van der Waals surface area contributed by atoms with E-state index in [1.165, 1.54) is 65.0 Å². The summed E-state index contributed by atoms with van der Waals surface area (Å²) in [5.41, 5.74) is 12.2. The number of hydrogen-bond donors (Lipinski definition) is 0. The number of benzene rings is 9. The molecule has 0 aliphatic heterocycles. The zero-order valence-corrected chi connectivity index (χ0v) is 32.8. The molecule has 0 aliphatic rings. The Kier molecular flexibility index (Phi) is 7.39. The number of hydrogen-bond acceptors (Lipinski definition) is 2. The molecule has 4 heteroatoms. The van der Waals surface area contributed by atoms with Crippen LogP contribution in [0.25, 0.3) is 110 Å². The molecule has 0 spiro atoms. The smallest absolute Gasteiger partial charge is 0.159 e. The summed E-state index contributed by atoms with van der Waals surface area (Å²) in [6.45, 7) is 4.42. The Hall–Kier alpha value is -7.56. The number of nitrogens with zero attached hydrogens (tertiary/aromatic N) is 4. The molecule has 0 unspecified atom stereocenters. The van der Waals surface area contributed by atoms with E-state index in [2.05, 4.69) is 205 Å². The van der Waals surface area contributed by atoms with Crippen LogP contribution in [0.15, 0.2) is 182 Å². The normalized spacial score (nSPS) is 12.0. The van der Waals surface area contributed by atoms with E-state index in [-0.39, 0.29) is 0 Å². The summed E-state index contributed by atoms with van der Waals surface area (Å²) >= 11 is 0. The van der Waals surface area contributed by atoms with Crippen LogP contribution in [0.5, 0.6) is 0 Å². The second-order valence-corrected chi connectivity index (χ2v) is 15.7. The standard InChI is InChI=1S/C55H38N4/c1-3-50-49(46-32-48-41-19-7-5-17-39(41)38-16-4-6-18-40(38)47(48)28-34(46)2)33-56-55(57-50)35-29-36(58-51-24-12-8-20-42(51)43-21-9-13-25-52(43)58)31-37(30-35)59-53-26-14-10-22-44(53)45-23-11-15-27-54(45)59/h4-33H,3H2,1-2H3. The number of rotatable bonds is 5. The molecule has 3 heterocycles. The van der Waals surface area contributed by atoms with Crippen LogP contribution in [0.3, 0.4) is 0 Å². The van der Waals surface area contributed by atoms with E-state index in [1.54, 1.807) is 0 Å². The lowest BCUT2D eigenvalue weighted by Crippen LogP contribution is -2.03. The van der Waals surface area contributed by atoms with Gasteiger partial charge in [-0.25, -0.2) is 9.97 Å². The van der Waals surface area contributed by atoms with Crippen molar-refractivity contribution in [2.75, 3.05) is 0 Å². The Balaban J connectivity index is 1.10. The zero-order valence-electron chi connectivity index (χ0n) is 32.8. The van der Waals surface area contributed by atoms with Gasteiger partial charge in [0.25, 0.3) is 0 Å². The van der Waals surface area contributed by atoms with E-state index in [1.807, 2.05) is 0 Å². The fraction of sp³-hybridized carbons (Fsp3) is 0.0545. The van der Waals surface area contributed by atoms with Gasteiger partial charge < -0.3 is 9.13 Å². The molecule has 12 aromatic rings. The predicted octanol–water partition coefficient (Wildman–Crippen LogP) is 14.3. The highest BCUT2D eigenvalue weighted by atomic mass is 15.0. The summed E-state index contributed by atoms with van der Waals surface area (Å²) < 4.78 is 4.79. The third kappa shape index (κ3) is 5.03. The van der Waals surface area contributed by atoms with E-state index < -0.39 is 0 Å². The Bertz CT molecular complexity index is 3440. The molecule has 0 saturated heterocycles. The van der Waals surface area contributed by atoms with Crippen molar-refractivity contribution in [3.8, 4) is 33.9 Å². The Morgan fingerprint density at radius 2 is 0.797 bits per heavy atom. The molecule has 0 fully saturated rings. The highest BCUT2D eigenvalue weighted by Gasteiger charge is 2.20. The molecular formula is C55H38N4. The Morgan fingerprint density at radius 1 is 0.407 bits per heavy atom. The molecule has 12 rings (SSSR count). The van der Waals surface area contributed by atoms with Crippen LogP contribution < -0.4 is 0 Å². The summed E-state index contributed by atoms with van der Waals surface area (Å²) in [5, 5.41) is 12.5. The molecule has 0 saturated carbocycles. The first kappa shape index (κ1) is 33.6. The van der Waals surface area contributed by atoms with Gasteiger partial charge in [-0.05, 0) is 105 Å². The van der Waals surface area contributed by atoms with Gasteiger partial charge in [0, 0.05) is 50.2 Å². The first-order valence-corrected chi connectivity index (χ1v) is 20.5. The first-order valence-electron chi connectivity index (χ1n) is 20.5. The summed E-state index contributed by atoms with van der Waals surface area (Å²) in [6.07, 6.45) is 2.83. The van der Waals surface area contributed by atoms with Gasteiger partial charge in [-0.15, -0.1) is 0 Å². The van der Waals surface area contributed by atoms with E-state index >= 15 is 0 Å². The fourth-order valence-electron chi connectivity index (χ4n) is 9.78. The quantitative estimate of drug-likeness (QED) is 0.164. The van der Waals surface area contributed by atoms with Crippen LogP contribution in [0.1, 0.15) is 18.2 Å². The van der Waals surface area contributed by atoms with Crippen LogP contribution in [0.4, 0.5) is 0 Å². The van der Waals surface area contributed by atoms with E-state index in [9.17, 15) is 0 Å². The van der Waals surface area contributed by atoms with Gasteiger partial charge in [-0.1, -0.05) is 134 Å². The zero-order chi connectivity index (χ0) is 39.2. The van der Waals surface area contributed by atoms with Gasteiger partial charge in [0.1, 0.15) is 0 Å². The molecular weight excluding hydrogens is 717 g/mol. The van der Waals surface area contributed by atoms with Crippen molar-refractivity contribution in [2.24, 2.45) is 0 Å². The van der Waals surface area contributed by atoms with Crippen molar-refractivity contribution in [1.82, 2.24) is 19.1 Å². The molecule has 59 heavy (non-hydrogen) atoms. The van der Waals surface area contributed by atoms with Crippen molar-refractivity contribution in [2.45, 2.75) is 20.3 Å². The fourth-order valence-corrected chi connectivity index (χ4v) is 9.78. The second-order valence-electron chi connectivity index (χ2n) is 15.7. The number of aromatic nitrogens is 4. The SMILES string of the molecule is CCc1nc(-c2cc(-n3c4ccccc4c4ccccc43)cc(-n3c4ccccc4c4ccccc43)c2)ncc1-c1cc2c3ccccc3c3ccccc3c2cc1C. The van der Waals surface area contributed by atoms with Crippen molar-refractivity contribution in [3.63, 3.8) is 0 Å². The van der Waals surface area contributed by atoms with Gasteiger partial charge in [0.2, 0.25) is 0 Å². The van der Waals surface area contributed by atoms with E-state index in [0.717, 1.165) is 56.7 Å². The maximum absolute atomic E-state index is 5.44. The summed E-state index contributed by atoms with van der Waals surface area (Å²) in [6, 6.07) is 64.0. The molecule has 0 N–H and O–H groups in total. The molecule has 0 aliphatic carbocycles. The lowest BCUT2D eigenvalue weighted by Gasteiger charge is -2.17. The average Bonchev–Trinajstić information content (AvgIpc) is 3.82. The van der Waals surface area contributed by atoms with Crippen molar-refractivity contribution >= 4 is 75.9 Å². The topological polar surface area (TPSA) is 35.6 Å². The minimum absolute atomic E-state index is 0.713. The van der Waals surface area contributed by atoms with Crippen LogP contribution in [0.2, 0.25) is 0 Å². The minimum Gasteiger partial charge on any atom is -0.309 e. The Morgan fingerprint density at radius 3 is 1.24 bits per heavy atom. The van der Waals surface area contributed by atoms with Crippen molar-refractivity contribution in [1.29, 1.82) is 0 Å². The molecule has 0 atom stereocenters.